The highest BCUT2D eigenvalue weighted by Crippen LogP contribution is 2.34. The number of hydrogen-bond acceptors (Lipinski definition) is 3. The van der Waals surface area contributed by atoms with Crippen LogP contribution in [0.4, 0.5) is 0 Å². The molecule has 0 heterocycles. The summed E-state index contributed by atoms with van der Waals surface area (Å²) in [6, 6.07) is 14.1. The molecule has 1 saturated carbocycles. The number of benzene rings is 2. The molecule has 0 aliphatic heterocycles. The van der Waals surface area contributed by atoms with Crippen LogP contribution in [-0.4, -0.2) is 8.42 Å². The fourth-order valence-corrected chi connectivity index (χ4v) is 3.86. The Morgan fingerprint density at radius 2 is 1.50 bits per heavy atom. The fraction of sp³-hybridized carbons (Fsp3) is 0.333. The molecule has 0 saturated heterocycles. The molecule has 0 atom stereocenters. The lowest BCUT2D eigenvalue weighted by Gasteiger charge is -2.11. The molecule has 0 unspecified atom stereocenters. The smallest absolute Gasteiger partial charge is 0.339 e. The van der Waals surface area contributed by atoms with Crippen LogP contribution in [0.3, 0.4) is 0 Å². The standard InChI is InChI=1S/C18H20O3S/c1-14-6-12-18(13-7-14)22(19,20)21-17-10-8-16(9-11-17)15-4-2-3-5-15/h6-13,15H,2-5H2,1H3. The Balaban J connectivity index is 1.75. The van der Waals surface area contributed by atoms with Gasteiger partial charge in [0.1, 0.15) is 10.6 Å². The Bertz CT molecular complexity index is 725. The van der Waals surface area contributed by atoms with Crippen molar-refractivity contribution in [2.24, 2.45) is 0 Å². The molecular formula is C18H20O3S. The first kappa shape index (κ1) is 15.1. The van der Waals surface area contributed by atoms with Crippen LogP contribution < -0.4 is 4.18 Å². The molecule has 0 aromatic heterocycles. The molecule has 116 valence electrons. The van der Waals surface area contributed by atoms with Gasteiger partial charge in [0.15, 0.2) is 0 Å². The van der Waals surface area contributed by atoms with Crippen molar-refractivity contribution < 1.29 is 12.6 Å². The Morgan fingerprint density at radius 1 is 0.909 bits per heavy atom. The number of hydrogen-bond donors (Lipinski definition) is 0. The van der Waals surface area contributed by atoms with Crippen molar-refractivity contribution in [1.29, 1.82) is 0 Å². The predicted octanol–water partition coefficient (Wildman–Crippen LogP) is 4.42. The van der Waals surface area contributed by atoms with E-state index >= 15 is 0 Å². The molecule has 2 aromatic carbocycles. The summed E-state index contributed by atoms with van der Waals surface area (Å²) in [6.07, 6.45) is 5.01. The van der Waals surface area contributed by atoms with Gasteiger partial charge in [-0.1, -0.05) is 42.7 Å². The third kappa shape index (κ3) is 3.33. The first-order valence-corrected chi connectivity index (χ1v) is 9.06. The summed E-state index contributed by atoms with van der Waals surface area (Å²) in [5.74, 6) is 0.977. The number of aryl methyl sites for hydroxylation is 1. The molecule has 1 fully saturated rings. The minimum atomic E-state index is -3.76. The van der Waals surface area contributed by atoms with E-state index in [4.69, 9.17) is 4.18 Å². The van der Waals surface area contributed by atoms with Crippen molar-refractivity contribution in [2.75, 3.05) is 0 Å². The van der Waals surface area contributed by atoms with Crippen LogP contribution in [0, 0.1) is 6.92 Å². The minimum Gasteiger partial charge on any atom is -0.379 e. The van der Waals surface area contributed by atoms with E-state index in [0.29, 0.717) is 11.7 Å². The van der Waals surface area contributed by atoms with Gasteiger partial charge >= 0.3 is 10.1 Å². The molecule has 0 N–H and O–H groups in total. The van der Waals surface area contributed by atoms with E-state index in [1.54, 1.807) is 36.4 Å². The highest BCUT2D eigenvalue weighted by Gasteiger charge is 2.19. The maximum Gasteiger partial charge on any atom is 0.339 e. The second-order valence-electron chi connectivity index (χ2n) is 5.90. The van der Waals surface area contributed by atoms with E-state index in [0.717, 1.165) is 5.56 Å². The summed E-state index contributed by atoms with van der Waals surface area (Å²) in [7, 11) is -3.76. The van der Waals surface area contributed by atoms with Crippen LogP contribution in [0.1, 0.15) is 42.7 Å². The van der Waals surface area contributed by atoms with Crippen LogP contribution in [0.25, 0.3) is 0 Å². The quantitative estimate of drug-likeness (QED) is 0.784. The lowest BCUT2D eigenvalue weighted by molar-refractivity contribution is 0.486. The normalized spacial score (nSPS) is 15.9. The Labute approximate surface area is 132 Å². The second kappa shape index (κ2) is 6.13. The van der Waals surface area contributed by atoms with Crippen LogP contribution in [-0.2, 0) is 10.1 Å². The minimum absolute atomic E-state index is 0.179. The zero-order valence-electron chi connectivity index (χ0n) is 12.7. The molecule has 3 nitrogen and oxygen atoms in total. The molecule has 0 spiro atoms. The van der Waals surface area contributed by atoms with Gasteiger partial charge in [-0.2, -0.15) is 8.42 Å². The van der Waals surface area contributed by atoms with E-state index in [1.807, 2.05) is 19.1 Å². The van der Waals surface area contributed by atoms with E-state index in [2.05, 4.69) is 0 Å². The van der Waals surface area contributed by atoms with Crippen molar-refractivity contribution in [3.8, 4) is 5.75 Å². The van der Waals surface area contributed by atoms with Gasteiger partial charge in [0.05, 0.1) is 0 Å². The van der Waals surface area contributed by atoms with Gasteiger partial charge in [-0.25, -0.2) is 0 Å². The third-order valence-corrected chi connectivity index (χ3v) is 5.48. The third-order valence-electron chi connectivity index (χ3n) is 4.22. The molecule has 0 radical (unpaired) electrons. The fourth-order valence-electron chi connectivity index (χ4n) is 2.93. The topological polar surface area (TPSA) is 43.4 Å². The molecular weight excluding hydrogens is 296 g/mol. The summed E-state index contributed by atoms with van der Waals surface area (Å²) in [6.45, 7) is 1.92. The molecule has 1 aliphatic carbocycles. The summed E-state index contributed by atoms with van der Waals surface area (Å²) in [4.78, 5) is 0.179. The Kier molecular flexibility index (Phi) is 4.21. The Hall–Kier alpha value is -1.81. The van der Waals surface area contributed by atoms with E-state index in [9.17, 15) is 8.42 Å². The van der Waals surface area contributed by atoms with Gasteiger partial charge < -0.3 is 4.18 Å². The summed E-state index contributed by atoms with van der Waals surface area (Å²) >= 11 is 0. The maximum absolute atomic E-state index is 12.2. The average molecular weight is 316 g/mol. The van der Waals surface area contributed by atoms with Gasteiger partial charge in [-0.3, -0.25) is 0 Å². The molecule has 3 rings (SSSR count). The lowest BCUT2D eigenvalue weighted by atomic mass is 9.98. The monoisotopic (exact) mass is 316 g/mol. The zero-order valence-corrected chi connectivity index (χ0v) is 13.5. The van der Waals surface area contributed by atoms with Crippen LogP contribution >= 0.6 is 0 Å². The molecule has 4 heteroatoms. The molecule has 0 amide bonds. The van der Waals surface area contributed by atoms with Crippen molar-refractivity contribution in [1.82, 2.24) is 0 Å². The van der Waals surface area contributed by atoms with Gasteiger partial charge in [0.2, 0.25) is 0 Å². The van der Waals surface area contributed by atoms with E-state index < -0.39 is 10.1 Å². The predicted molar refractivity (Wildman–Crippen MR) is 86.6 cm³/mol. The largest absolute Gasteiger partial charge is 0.379 e. The van der Waals surface area contributed by atoms with Crippen LogP contribution in [0.5, 0.6) is 5.75 Å². The lowest BCUT2D eigenvalue weighted by Crippen LogP contribution is -2.09. The van der Waals surface area contributed by atoms with Crippen LogP contribution in [0.15, 0.2) is 53.4 Å². The molecule has 2 aromatic rings. The molecule has 1 aliphatic rings. The first-order valence-electron chi connectivity index (χ1n) is 7.66. The van der Waals surface area contributed by atoms with Crippen molar-refractivity contribution >= 4 is 10.1 Å². The SMILES string of the molecule is Cc1ccc(S(=O)(=O)Oc2ccc(C3CCCC3)cc2)cc1. The average Bonchev–Trinajstić information content (AvgIpc) is 3.02. The van der Waals surface area contributed by atoms with E-state index in [-0.39, 0.29) is 4.90 Å². The first-order chi connectivity index (χ1) is 10.5. The van der Waals surface area contributed by atoms with Crippen molar-refractivity contribution in [2.45, 2.75) is 43.4 Å². The van der Waals surface area contributed by atoms with Gasteiger partial charge in [0, 0.05) is 0 Å². The highest BCUT2D eigenvalue weighted by molar-refractivity contribution is 7.87. The van der Waals surface area contributed by atoms with Gasteiger partial charge in [0.25, 0.3) is 0 Å². The van der Waals surface area contributed by atoms with E-state index in [1.165, 1.54) is 31.2 Å². The second-order valence-corrected chi connectivity index (χ2v) is 7.45. The van der Waals surface area contributed by atoms with Gasteiger partial charge in [-0.15, -0.1) is 0 Å². The summed E-state index contributed by atoms with van der Waals surface area (Å²) in [5.41, 5.74) is 2.29. The maximum atomic E-state index is 12.2. The summed E-state index contributed by atoms with van der Waals surface area (Å²) in [5, 5.41) is 0. The van der Waals surface area contributed by atoms with Crippen LogP contribution in [0.2, 0.25) is 0 Å². The highest BCUT2D eigenvalue weighted by atomic mass is 32.2. The van der Waals surface area contributed by atoms with Crippen molar-refractivity contribution in [3.05, 3.63) is 59.7 Å². The Morgan fingerprint density at radius 3 is 2.09 bits per heavy atom. The molecule has 0 bridgehead atoms. The van der Waals surface area contributed by atoms with Crippen molar-refractivity contribution in [3.63, 3.8) is 0 Å². The number of rotatable bonds is 4. The zero-order chi connectivity index (χ0) is 15.6. The summed E-state index contributed by atoms with van der Waals surface area (Å²) < 4.78 is 29.7. The molecule has 22 heavy (non-hydrogen) atoms. The van der Waals surface area contributed by atoms with Gasteiger partial charge in [-0.05, 0) is 55.5 Å².